The first kappa shape index (κ1) is 18.1. The summed E-state index contributed by atoms with van der Waals surface area (Å²) in [6, 6.07) is 8.96. The lowest BCUT2D eigenvalue weighted by molar-refractivity contribution is 0.0932. The number of benzene rings is 1. The summed E-state index contributed by atoms with van der Waals surface area (Å²) in [5, 5.41) is 6.03. The van der Waals surface area contributed by atoms with Crippen molar-refractivity contribution in [2.75, 3.05) is 6.26 Å². The number of nitrogens with zero attached hydrogens (tertiary/aromatic N) is 2. The van der Waals surface area contributed by atoms with E-state index in [2.05, 4.69) is 10.3 Å². The molecule has 4 nitrogen and oxygen atoms in total. The highest BCUT2D eigenvalue weighted by Crippen LogP contribution is 2.27. The summed E-state index contributed by atoms with van der Waals surface area (Å²) >= 11 is 13.9. The van der Waals surface area contributed by atoms with Gasteiger partial charge in [0.1, 0.15) is 5.69 Å². The molecule has 25 heavy (non-hydrogen) atoms. The lowest BCUT2D eigenvalue weighted by Crippen LogP contribution is -2.28. The molecule has 1 unspecified atom stereocenters. The molecule has 0 aliphatic heterocycles. The molecule has 1 atom stereocenters. The Hall–Kier alpha value is -1.69. The van der Waals surface area contributed by atoms with Crippen molar-refractivity contribution in [1.82, 2.24) is 14.9 Å². The van der Waals surface area contributed by atoms with Crippen molar-refractivity contribution in [3.63, 3.8) is 0 Å². The molecule has 0 aliphatic carbocycles. The summed E-state index contributed by atoms with van der Waals surface area (Å²) in [7, 11) is 1.85. The van der Waals surface area contributed by atoms with Crippen LogP contribution in [0.15, 0.2) is 41.6 Å². The van der Waals surface area contributed by atoms with Gasteiger partial charge in [-0.2, -0.15) is 0 Å². The Morgan fingerprint density at radius 1 is 1.28 bits per heavy atom. The zero-order chi connectivity index (χ0) is 18.1. The molecule has 1 amide bonds. The molecule has 0 saturated carbocycles. The summed E-state index contributed by atoms with van der Waals surface area (Å²) in [5.41, 5.74) is 2.26. The van der Waals surface area contributed by atoms with Crippen LogP contribution in [0.5, 0.6) is 0 Å². The van der Waals surface area contributed by atoms with Crippen LogP contribution in [0, 0.1) is 0 Å². The monoisotopic (exact) mass is 393 g/mol. The molecule has 0 spiro atoms. The molecule has 2 aromatic heterocycles. The summed E-state index contributed by atoms with van der Waals surface area (Å²) in [6.07, 6.45) is 3.65. The molecular weight excluding hydrogens is 377 g/mol. The quantitative estimate of drug-likeness (QED) is 0.627. The number of amides is 1. The van der Waals surface area contributed by atoms with Gasteiger partial charge in [-0.1, -0.05) is 29.3 Å². The molecule has 3 rings (SSSR count). The van der Waals surface area contributed by atoms with E-state index >= 15 is 0 Å². The van der Waals surface area contributed by atoms with Crippen molar-refractivity contribution in [1.29, 1.82) is 0 Å². The van der Waals surface area contributed by atoms with E-state index in [0.29, 0.717) is 15.7 Å². The molecule has 0 saturated heterocycles. The number of aryl methyl sites for hydroxylation is 1. The molecule has 1 N–H and O–H groups in total. The van der Waals surface area contributed by atoms with E-state index in [-0.39, 0.29) is 11.9 Å². The first-order valence-corrected chi connectivity index (χ1v) is 9.64. The zero-order valence-electron chi connectivity index (χ0n) is 14.0. The van der Waals surface area contributed by atoms with Gasteiger partial charge in [-0.15, -0.1) is 11.8 Å². The molecule has 0 aliphatic rings. The number of carbonyl (C=O) groups excluding carboxylic acids is 1. The van der Waals surface area contributed by atoms with Crippen molar-refractivity contribution >= 4 is 51.8 Å². The third-order valence-electron chi connectivity index (χ3n) is 4.12. The van der Waals surface area contributed by atoms with E-state index in [1.165, 1.54) is 11.8 Å². The SMILES string of the molecule is CSc1cc(Cl)c(C(C)NC(=O)c2cc3ccc(Cl)cc3n2C)cn1. The van der Waals surface area contributed by atoms with Crippen molar-refractivity contribution in [3.05, 3.63) is 57.8 Å². The van der Waals surface area contributed by atoms with Crippen LogP contribution in [0.4, 0.5) is 0 Å². The Kier molecular flexibility index (Phi) is 5.27. The number of halogens is 2. The lowest BCUT2D eigenvalue weighted by Gasteiger charge is -2.16. The average Bonchev–Trinajstić information content (AvgIpc) is 2.91. The average molecular weight is 394 g/mol. The number of hydrogen-bond acceptors (Lipinski definition) is 3. The number of aromatic nitrogens is 2. The van der Waals surface area contributed by atoms with E-state index in [0.717, 1.165) is 21.5 Å². The van der Waals surface area contributed by atoms with Gasteiger partial charge in [0.25, 0.3) is 5.91 Å². The fourth-order valence-corrected chi connectivity index (χ4v) is 3.66. The summed E-state index contributed by atoms with van der Waals surface area (Å²) in [6.45, 7) is 1.89. The predicted octanol–water partition coefficient (Wildman–Crippen LogP) is 5.09. The maximum atomic E-state index is 12.7. The van der Waals surface area contributed by atoms with Crippen molar-refractivity contribution in [3.8, 4) is 0 Å². The Bertz CT molecular complexity index is 955. The highest BCUT2D eigenvalue weighted by atomic mass is 35.5. The molecule has 0 bridgehead atoms. The number of pyridine rings is 1. The number of rotatable bonds is 4. The molecule has 130 valence electrons. The molecule has 7 heteroatoms. The maximum Gasteiger partial charge on any atom is 0.268 e. The topological polar surface area (TPSA) is 46.9 Å². The second-order valence-electron chi connectivity index (χ2n) is 5.74. The van der Waals surface area contributed by atoms with Gasteiger partial charge in [0.2, 0.25) is 0 Å². The second kappa shape index (κ2) is 7.28. The Labute approximate surface area is 160 Å². The van der Waals surface area contributed by atoms with Crippen LogP contribution >= 0.6 is 35.0 Å². The summed E-state index contributed by atoms with van der Waals surface area (Å²) in [5.74, 6) is -0.174. The lowest BCUT2D eigenvalue weighted by atomic mass is 10.1. The maximum absolute atomic E-state index is 12.7. The van der Waals surface area contributed by atoms with Crippen molar-refractivity contribution < 1.29 is 4.79 Å². The number of hydrogen-bond donors (Lipinski definition) is 1. The van der Waals surface area contributed by atoms with Crippen molar-refractivity contribution in [2.45, 2.75) is 18.0 Å². The fourth-order valence-electron chi connectivity index (χ4n) is 2.72. The molecule has 3 aromatic rings. The van der Waals surface area contributed by atoms with Crippen LogP contribution in [0.3, 0.4) is 0 Å². The molecule has 2 heterocycles. The van der Waals surface area contributed by atoms with Gasteiger partial charge in [0.15, 0.2) is 0 Å². The Morgan fingerprint density at radius 3 is 2.72 bits per heavy atom. The first-order valence-electron chi connectivity index (χ1n) is 7.66. The fraction of sp³-hybridized carbons (Fsp3) is 0.222. The van der Waals surface area contributed by atoms with E-state index in [1.807, 2.05) is 55.1 Å². The normalized spacial score (nSPS) is 12.4. The minimum Gasteiger partial charge on any atom is -0.344 e. The third-order valence-corrected chi connectivity index (χ3v) is 5.32. The van der Waals surface area contributed by atoms with Gasteiger partial charge in [0.05, 0.1) is 16.1 Å². The van der Waals surface area contributed by atoms with E-state index in [4.69, 9.17) is 23.2 Å². The van der Waals surface area contributed by atoms with Crippen LogP contribution in [0.25, 0.3) is 10.9 Å². The Balaban J connectivity index is 1.86. The van der Waals surface area contributed by atoms with Crippen LogP contribution in [0.1, 0.15) is 29.0 Å². The zero-order valence-corrected chi connectivity index (χ0v) is 16.3. The van der Waals surface area contributed by atoms with Gasteiger partial charge in [-0.3, -0.25) is 4.79 Å². The first-order chi connectivity index (χ1) is 11.9. The third kappa shape index (κ3) is 3.64. The van der Waals surface area contributed by atoms with Crippen LogP contribution < -0.4 is 5.32 Å². The van der Waals surface area contributed by atoms with Gasteiger partial charge < -0.3 is 9.88 Å². The molecule has 1 aromatic carbocycles. The minimum absolute atomic E-state index is 0.174. The Morgan fingerprint density at radius 2 is 2.04 bits per heavy atom. The predicted molar refractivity (Wildman–Crippen MR) is 105 cm³/mol. The summed E-state index contributed by atoms with van der Waals surface area (Å²) in [4.78, 5) is 17.0. The largest absolute Gasteiger partial charge is 0.344 e. The van der Waals surface area contributed by atoms with Crippen LogP contribution in [-0.2, 0) is 7.05 Å². The smallest absolute Gasteiger partial charge is 0.268 e. The molecule has 0 fully saturated rings. The number of fused-ring (bicyclic) bond motifs is 1. The van der Waals surface area contributed by atoms with E-state index < -0.39 is 0 Å². The van der Waals surface area contributed by atoms with Crippen molar-refractivity contribution in [2.24, 2.45) is 7.05 Å². The van der Waals surface area contributed by atoms with E-state index in [1.54, 1.807) is 6.20 Å². The highest BCUT2D eigenvalue weighted by molar-refractivity contribution is 7.98. The number of thioether (sulfide) groups is 1. The van der Waals surface area contributed by atoms with Gasteiger partial charge in [-0.05, 0) is 37.4 Å². The van der Waals surface area contributed by atoms with E-state index in [9.17, 15) is 4.79 Å². The van der Waals surface area contributed by atoms with Gasteiger partial charge in [-0.25, -0.2) is 4.98 Å². The summed E-state index contributed by atoms with van der Waals surface area (Å²) < 4.78 is 1.83. The van der Waals surface area contributed by atoms with Gasteiger partial charge in [0, 0.05) is 34.7 Å². The second-order valence-corrected chi connectivity index (χ2v) is 7.41. The highest BCUT2D eigenvalue weighted by Gasteiger charge is 2.18. The van der Waals surface area contributed by atoms with Gasteiger partial charge >= 0.3 is 0 Å². The minimum atomic E-state index is -0.259. The molecular formula is C18H17Cl2N3OS. The molecule has 0 radical (unpaired) electrons. The number of carbonyl (C=O) groups is 1. The van der Waals surface area contributed by atoms with Crippen LogP contribution in [-0.4, -0.2) is 21.7 Å². The standard InChI is InChI=1S/C18H17Cl2N3OS/c1-10(13-9-21-17(25-3)8-14(13)20)22-18(24)16-6-11-4-5-12(19)7-15(11)23(16)2/h4-10H,1-3H3,(H,22,24). The number of nitrogens with one attached hydrogen (secondary N) is 1. The van der Waals surface area contributed by atoms with Crippen LogP contribution in [0.2, 0.25) is 10.0 Å².